The van der Waals surface area contributed by atoms with Gasteiger partial charge in [0.25, 0.3) is 0 Å². The molecule has 0 aliphatic carbocycles. The fourth-order valence-corrected chi connectivity index (χ4v) is 2.40. The lowest BCUT2D eigenvalue weighted by atomic mass is 9.97. The summed E-state index contributed by atoms with van der Waals surface area (Å²) in [5.74, 6) is 1.38. The van der Waals surface area contributed by atoms with Gasteiger partial charge in [0.1, 0.15) is 11.3 Å². The van der Waals surface area contributed by atoms with E-state index in [1.54, 1.807) is 9.58 Å². The monoisotopic (exact) mass is 319 g/mol. The molecule has 0 saturated carbocycles. The lowest BCUT2D eigenvalue weighted by Crippen LogP contribution is -2.52. The normalized spacial score (nSPS) is 15.6. The van der Waals surface area contributed by atoms with Crippen molar-refractivity contribution in [3.63, 3.8) is 0 Å². The largest absolute Gasteiger partial charge is 0.444 e. The maximum Gasteiger partial charge on any atom is 0.410 e. The molecule has 1 aliphatic heterocycles. The number of hydrogen-bond acceptors (Lipinski definition) is 6. The molecule has 0 atom stereocenters. The number of aryl methyl sites for hydroxylation is 1. The molecule has 0 N–H and O–H groups in total. The van der Waals surface area contributed by atoms with Crippen molar-refractivity contribution in [1.29, 1.82) is 0 Å². The van der Waals surface area contributed by atoms with Gasteiger partial charge >= 0.3 is 6.09 Å². The molecule has 124 valence electrons. The first kappa shape index (κ1) is 15.5. The zero-order valence-corrected chi connectivity index (χ0v) is 13.8. The molecule has 0 aromatic carbocycles. The van der Waals surface area contributed by atoms with Crippen LogP contribution in [-0.4, -0.2) is 49.6 Å². The van der Waals surface area contributed by atoms with Gasteiger partial charge in [-0.3, -0.25) is 4.68 Å². The lowest BCUT2D eigenvalue weighted by molar-refractivity contribution is -0.00186. The van der Waals surface area contributed by atoms with Crippen molar-refractivity contribution in [2.75, 3.05) is 13.1 Å². The Labute approximate surface area is 134 Å². The number of rotatable bonds is 3. The van der Waals surface area contributed by atoms with E-state index in [1.165, 1.54) is 0 Å². The number of hydrogen-bond donors (Lipinski definition) is 0. The Morgan fingerprint density at radius 1 is 1.43 bits per heavy atom. The number of nitrogens with zero attached hydrogens (tertiary/aromatic N) is 5. The minimum absolute atomic E-state index is 0.270. The lowest BCUT2D eigenvalue weighted by Gasteiger charge is -2.39. The van der Waals surface area contributed by atoms with Crippen molar-refractivity contribution < 1.29 is 14.1 Å². The van der Waals surface area contributed by atoms with Crippen LogP contribution >= 0.6 is 0 Å². The SMILES string of the molecule is Cn1ccc(-c2noc(CC3CN(C(=O)OC(C)(C)C)C3)n2)n1. The van der Waals surface area contributed by atoms with Gasteiger partial charge in [0.05, 0.1) is 0 Å². The maximum absolute atomic E-state index is 11.9. The Bertz CT molecular complexity index is 694. The molecule has 2 aromatic rings. The quantitative estimate of drug-likeness (QED) is 0.858. The fraction of sp³-hybridized carbons (Fsp3) is 0.600. The number of amides is 1. The van der Waals surface area contributed by atoms with Crippen LogP contribution in [0.25, 0.3) is 11.5 Å². The molecule has 0 bridgehead atoms. The van der Waals surface area contributed by atoms with E-state index in [9.17, 15) is 4.79 Å². The van der Waals surface area contributed by atoms with Crippen LogP contribution < -0.4 is 0 Å². The molecular weight excluding hydrogens is 298 g/mol. The van der Waals surface area contributed by atoms with Crippen LogP contribution in [0.2, 0.25) is 0 Å². The molecule has 0 unspecified atom stereocenters. The summed E-state index contributed by atoms with van der Waals surface area (Å²) in [5, 5.41) is 8.19. The second-order valence-electron chi connectivity index (χ2n) is 6.84. The van der Waals surface area contributed by atoms with Crippen molar-refractivity contribution in [3.8, 4) is 11.5 Å². The molecule has 8 heteroatoms. The third-order valence-electron chi connectivity index (χ3n) is 3.48. The van der Waals surface area contributed by atoms with E-state index in [-0.39, 0.29) is 6.09 Å². The first-order valence-electron chi connectivity index (χ1n) is 7.61. The summed E-state index contributed by atoms with van der Waals surface area (Å²) in [5.41, 5.74) is 0.221. The summed E-state index contributed by atoms with van der Waals surface area (Å²) in [7, 11) is 1.84. The van der Waals surface area contributed by atoms with Crippen LogP contribution in [0.5, 0.6) is 0 Å². The molecule has 3 heterocycles. The molecule has 23 heavy (non-hydrogen) atoms. The van der Waals surface area contributed by atoms with Gasteiger partial charge in [0, 0.05) is 38.7 Å². The molecule has 1 aliphatic rings. The molecule has 1 saturated heterocycles. The number of carbonyl (C=O) groups excluding carboxylic acids is 1. The van der Waals surface area contributed by atoms with Crippen molar-refractivity contribution in [2.45, 2.75) is 32.8 Å². The molecule has 0 radical (unpaired) electrons. The van der Waals surface area contributed by atoms with Crippen LogP contribution in [0.4, 0.5) is 4.79 Å². The van der Waals surface area contributed by atoms with Gasteiger partial charge in [0.15, 0.2) is 0 Å². The predicted octanol–water partition coefficient (Wildman–Crippen LogP) is 1.88. The van der Waals surface area contributed by atoms with Gasteiger partial charge in [0.2, 0.25) is 11.7 Å². The Hall–Kier alpha value is -2.38. The summed E-state index contributed by atoms with van der Waals surface area (Å²) >= 11 is 0. The molecule has 3 rings (SSSR count). The zero-order valence-electron chi connectivity index (χ0n) is 13.8. The summed E-state index contributed by atoms with van der Waals surface area (Å²) in [4.78, 5) is 17.9. The third-order valence-corrected chi connectivity index (χ3v) is 3.48. The summed E-state index contributed by atoms with van der Waals surface area (Å²) in [6.45, 7) is 6.88. The summed E-state index contributed by atoms with van der Waals surface area (Å²) in [6.07, 6.45) is 2.21. The maximum atomic E-state index is 11.9. The molecule has 8 nitrogen and oxygen atoms in total. The number of likely N-dealkylation sites (tertiary alicyclic amines) is 1. The topological polar surface area (TPSA) is 86.3 Å². The highest BCUT2D eigenvalue weighted by Crippen LogP contribution is 2.23. The van der Waals surface area contributed by atoms with Gasteiger partial charge < -0.3 is 14.2 Å². The van der Waals surface area contributed by atoms with E-state index in [2.05, 4.69) is 15.2 Å². The Kier molecular flexibility index (Phi) is 3.83. The van der Waals surface area contributed by atoms with E-state index < -0.39 is 5.60 Å². The number of aromatic nitrogens is 4. The van der Waals surface area contributed by atoms with Gasteiger partial charge in [-0.05, 0) is 26.8 Å². The van der Waals surface area contributed by atoms with Crippen molar-refractivity contribution in [1.82, 2.24) is 24.8 Å². The van der Waals surface area contributed by atoms with Crippen LogP contribution in [-0.2, 0) is 18.2 Å². The average molecular weight is 319 g/mol. The van der Waals surface area contributed by atoms with Gasteiger partial charge in [-0.1, -0.05) is 5.16 Å². The first-order valence-corrected chi connectivity index (χ1v) is 7.61. The van der Waals surface area contributed by atoms with E-state index in [0.717, 1.165) is 0 Å². The minimum atomic E-state index is -0.466. The Balaban J connectivity index is 1.51. The Morgan fingerprint density at radius 2 is 2.17 bits per heavy atom. The van der Waals surface area contributed by atoms with Crippen LogP contribution in [0.1, 0.15) is 26.7 Å². The third kappa shape index (κ3) is 3.69. The van der Waals surface area contributed by atoms with E-state index in [4.69, 9.17) is 9.26 Å². The fourth-order valence-electron chi connectivity index (χ4n) is 2.40. The van der Waals surface area contributed by atoms with E-state index in [0.29, 0.717) is 42.8 Å². The van der Waals surface area contributed by atoms with Crippen LogP contribution in [0, 0.1) is 5.92 Å². The van der Waals surface area contributed by atoms with Gasteiger partial charge in [-0.2, -0.15) is 10.1 Å². The smallest absolute Gasteiger partial charge is 0.410 e. The van der Waals surface area contributed by atoms with Gasteiger partial charge in [-0.15, -0.1) is 0 Å². The molecule has 1 fully saturated rings. The summed E-state index contributed by atoms with van der Waals surface area (Å²) < 4.78 is 12.3. The molecule has 0 spiro atoms. The van der Waals surface area contributed by atoms with E-state index >= 15 is 0 Å². The summed E-state index contributed by atoms with van der Waals surface area (Å²) in [6, 6.07) is 1.84. The molecule has 2 aromatic heterocycles. The zero-order chi connectivity index (χ0) is 16.6. The van der Waals surface area contributed by atoms with Crippen LogP contribution in [0.3, 0.4) is 0 Å². The van der Waals surface area contributed by atoms with Crippen molar-refractivity contribution in [3.05, 3.63) is 18.2 Å². The number of ether oxygens (including phenoxy) is 1. The van der Waals surface area contributed by atoms with Crippen molar-refractivity contribution in [2.24, 2.45) is 13.0 Å². The highest BCUT2D eigenvalue weighted by Gasteiger charge is 2.34. The number of carbonyl (C=O) groups is 1. The molecular formula is C15H21N5O3. The van der Waals surface area contributed by atoms with E-state index in [1.807, 2.05) is 40.1 Å². The van der Waals surface area contributed by atoms with Crippen molar-refractivity contribution >= 4 is 6.09 Å². The van der Waals surface area contributed by atoms with Gasteiger partial charge in [-0.25, -0.2) is 4.79 Å². The predicted molar refractivity (Wildman–Crippen MR) is 81.5 cm³/mol. The first-order chi connectivity index (χ1) is 10.8. The highest BCUT2D eigenvalue weighted by molar-refractivity contribution is 5.69. The minimum Gasteiger partial charge on any atom is -0.444 e. The van der Waals surface area contributed by atoms with Crippen LogP contribution in [0.15, 0.2) is 16.8 Å². The second-order valence-corrected chi connectivity index (χ2v) is 6.84. The molecule has 1 amide bonds. The Morgan fingerprint density at radius 3 is 2.78 bits per heavy atom. The average Bonchev–Trinajstić information content (AvgIpc) is 2.99. The highest BCUT2D eigenvalue weighted by atomic mass is 16.6. The standard InChI is InChI=1S/C15H21N5O3/c1-15(2,3)22-14(21)20-8-10(9-20)7-12-16-13(18-23-12)11-5-6-19(4)17-11/h5-6,10H,7-9H2,1-4H3. The second kappa shape index (κ2) is 5.68.